The van der Waals surface area contributed by atoms with Crippen molar-refractivity contribution in [3.63, 3.8) is 0 Å². The smallest absolute Gasteiger partial charge is 0.160 e. The van der Waals surface area contributed by atoms with Crippen LogP contribution < -0.4 is 0 Å². The van der Waals surface area contributed by atoms with E-state index in [1.165, 1.54) is 189 Å². The van der Waals surface area contributed by atoms with Crippen LogP contribution in [0.25, 0.3) is 265 Å². The van der Waals surface area contributed by atoms with Gasteiger partial charge in [-0.15, -0.1) is 34.0 Å². The maximum absolute atomic E-state index is 5.31. The van der Waals surface area contributed by atoms with Crippen LogP contribution in [0, 0.1) is 0 Å². The summed E-state index contributed by atoms with van der Waals surface area (Å²) in [5.41, 5.74) is 29.1. The second-order valence-corrected chi connectivity index (χ2v) is 36.0. The predicted octanol–water partition coefficient (Wildman–Crippen LogP) is 31.3. The topological polar surface area (TPSA) is 90.6 Å². The summed E-state index contributed by atoms with van der Waals surface area (Å²) in [5.74, 6) is 2.28. The van der Waals surface area contributed by atoms with Gasteiger partial charge in [-0.1, -0.05) is 267 Å². The molecule has 0 bridgehead atoms. The zero-order valence-corrected chi connectivity index (χ0v) is 69.7. The van der Waals surface area contributed by atoms with E-state index in [9.17, 15) is 0 Å². The first kappa shape index (κ1) is 70.7. The Labute approximate surface area is 731 Å². The van der Waals surface area contributed by atoms with Gasteiger partial charge in [0, 0.05) is 130 Å². The van der Waals surface area contributed by atoms with Crippen LogP contribution in [0.1, 0.15) is 0 Å². The zero-order valence-electron chi connectivity index (χ0n) is 67.3. The number of fused-ring (bicyclic) bond motifs is 27. The van der Waals surface area contributed by atoms with Crippen LogP contribution in [-0.4, -0.2) is 43.1 Å². The van der Waals surface area contributed by atoms with Crippen LogP contribution in [0.15, 0.2) is 395 Å². The number of nitrogens with zero attached hydrogens (tertiary/aromatic N) is 9. The van der Waals surface area contributed by atoms with Gasteiger partial charge in [0.15, 0.2) is 17.5 Å². The third kappa shape index (κ3) is 10.9. The second-order valence-electron chi connectivity index (χ2n) is 32.7. The fraction of sp³-hybridized carbons (Fsp3) is 0. The molecule has 29 aromatic rings. The molecule has 0 aliphatic heterocycles. The number of hydrogen-bond acceptors (Lipinski definition) is 9. The van der Waals surface area contributed by atoms with Gasteiger partial charge in [-0.25, -0.2) is 29.9 Å². The molecule has 17 aromatic carbocycles. The van der Waals surface area contributed by atoms with E-state index in [1.54, 1.807) is 34.0 Å². The highest BCUT2D eigenvalue weighted by Crippen LogP contribution is 2.49. The van der Waals surface area contributed by atoms with Crippen LogP contribution in [0.4, 0.5) is 0 Å². The maximum Gasteiger partial charge on any atom is 0.160 e. The van der Waals surface area contributed by atoms with Crippen molar-refractivity contribution in [2.24, 2.45) is 0 Å². The third-order valence-electron chi connectivity index (χ3n) is 25.7. The Balaban J connectivity index is 0.0000000986. The number of thiophene rings is 3. The molecule has 0 atom stereocenters. The van der Waals surface area contributed by atoms with Crippen LogP contribution in [0.3, 0.4) is 0 Å². The fourth-order valence-corrected chi connectivity index (χ4v) is 23.2. The summed E-state index contributed by atoms with van der Waals surface area (Å²) in [4.78, 5) is 30.6. The molecule has 0 radical (unpaired) electrons. The van der Waals surface area contributed by atoms with E-state index < -0.39 is 0 Å². The molecule has 29 rings (SSSR count). The van der Waals surface area contributed by atoms with Crippen molar-refractivity contribution < 1.29 is 0 Å². The molecule has 584 valence electrons. The third-order valence-corrected chi connectivity index (χ3v) is 29.0. The van der Waals surface area contributed by atoms with Crippen molar-refractivity contribution >= 4 is 209 Å². The van der Waals surface area contributed by atoms with E-state index in [0.29, 0.717) is 0 Å². The first-order valence-corrected chi connectivity index (χ1v) is 44.9. The van der Waals surface area contributed by atoms with Gasteiger partial charge >= 0.3 is 0 Å². The molecule has 12 heterocycles. The molecule has 0 aliphatic rings. The lowest BCUT2D eigenvalue weighted by Gasteiger charge is -2.08. The van der Waals surface area contributed by atoms with E-state index in [4.69, 9.17) is 29.9 Å². The lowest BCUT2D eigenvalue weighted by molar-refractivity contribution is 1.24. The van der Waals surface area contributed by atoms with E-state index in [0.717, 1.165) is 76.1 Å². The van der Waals surface area contributed by atoms with Gasteiger partial charge in [0.1, 0.15) is 0 Å². The van der Waals surface area contributed by atoms with E-state index in [2.05, 4.69) is 395 Å². The molecule has 12 aromatic heterocycles. The largest absolute Gasteiger partial charge is 0.308 e. The van der Waals surface area contributed by atoms with Crippen molar-refractivity contribution in [2.75, 3.05) is 0 Å². The van der Waals surface area contributed by atoms with Gasteiger partial charge in [-0.05, 0) is 160 Å². The highest BCUT2D eigenvalue weighted by Gasteiger charge is 2.27. The predicted molar refractivity (Wildman–Crippen MR) is 532 cm³/mol. The minimum absolute atomic E-state index is 0.752. The van der Waals surface area contributed by atoms with Gasteiger partial charge in [0.05, 0.1) is 86.0 Å². The van der Waals surface area contributed by atoms with Gasteiger partial charge in [-0.2, -0.15) is 0 Å². The number of rotatable bonds is 8. The summed E-state index contributed by atoms with van der Waals surface area (Å²) in [5, 5.41) is 18.4. The minimum Gasteiger partial charge on any atom is -0.308 e. The zero-order chi connectivity index (χ0) is 82.3. The maximum atomic E-state index is 5.31. The molecule has 0 fully saturated rings. The molecular weight excluding hydrogens is 1590 g/mol. The van der Waals surface area contributed by atoms with Crippen molar-refractivity contribution in [3.05, 3.63) is 395 Å². The minimum atomic E-state index is 0.752. The molecule has 0 aliphatic carbocycles. The van der Waals surface area contributed by atoms with Gasteiger partial charge in [0.2, 0.25) is 0 Å². The van der Waals surface area contributed by atoms with Gasteiger partial charge in [-0.3, -0.25) is 0 Å². The SMILES string of the molecule is c1ccc(-c2ccc3c(c2)c2cc(-c4nc(-c5ccccc5)c5sc6ccccc6c5n4)cc4c5ccccc5n3c42)cc1.c1ccc(-c2ccc3c(c2)c2cc(-c4ncc5sc6ccccc6c5n4)cc4c5ccccc5n3c42)cc1.c1ccc(-c2cccc(-c3ccc4c(c3)c3cc(-c5ncc6sc7ccccc7c6n5)cc5c6ccccc6n4c53)c2)cc1. The summed E-state index contributed by atoms with van der Waals surface area (Å²) in [6.07, 6.45) is 3.97. The molecule has 0 spiro atoms. The monoisotopic (exact) mass is 1660 g/mol. The van der Waals surface area contributed by atoms with Crippen molar-refractivity contribution in [1.29, 1.82) is 0 Å². The van der Waals surface area contributed by atoms with E-state index in [-0.39, 0.29) is 0 Å². The van der Waals surface area contributed by atoms with E-state index >= 15 is 0 Å². The van der Waals surface area contributed by atoms with Crippen LogP contribution in [0.2, 0.25) is 0 Å². The molecule has 126 heavy (non-hydrogen) atoms. The normalized spacial score (nSPS) is 12.1. The highest BCUT2D eigenvalue weighted by atomic mass is 32.1. The molecular formula is C114H65N9S3. The Bertz CT molecular complexity index is 9500. The van der Waals surface area contributed by atoms with Crippen molar-refractivity contribution in [1.82, 2.24) is 43.1 Å². The Morgan fingerprint density at radius 2 is 0.460 bits per heavy atom. The Morgan fingerprint density at radius 3 is 0.873 bits per heavy atom. The molecule has 9 nitrogen and oxygen atoms in total. The standard InChI is InChI=1S/2C40H23N3S.C34H19N3S/c1-3-11-24(12-4-1)26-19-20-34-30(21-26)32-23-27(22-31-28-15-7-9-17-33(28)43(34)38(31)32)40-41-36(25-13-5-2-6-14-25)39-37(42-40)29-16-8-10-18-35(29)44-39;1-2-9-24(10-3-1)25-11-8-12-26(19-25)27-17-18-35-31(20-27)33-22-28(21-32-29-13-4-6-15-34(29)43(35)39(32)33)40-41-23-37-38(42-40)30-14-5-7-16-36(30)44-37;1-2-8-20(9-3-1)21-14-15-29-25(16-21)27-18-22(17-26-23-10-4-6-12-28(23)37(29)33(26)27)34-35-19-31-32(36-34)24-11-5-7-13-30(24)38-31/h2*1-23H;1-19H. The number of para-hydroxylation sites is 3. The lowest BCUT2D eigenvalue weighted by Crippen LogP contribution is -1.93. The number of aromatic nitrogens is 9. The average molecular weight is 1660 g/mol. The number of benzene rings is 17. The lowest BCUT2D eigenvalue weighted by atomic mass is 9.97. The molecule has 0 unspecified atom stereocenters. The Hall–Kier alpha value is -16.0. The Kier molecular flexibility index (Phi) is 15.6. The first-order valence-electron chi connectivity index (χ1n) is 42.4. The average Bonchev–Trinajstić information content (AvgIpc) is 1.55. The summed E-state index contributed by atoms with van der Waals surface area (Å²) in [7, 11) is 0. The molecule has 12 heteroatoms. The number of hydrogen-bond donors (Lipinski definition) is 0. The van der Waals surface area contributed by atoms with E-state index in [1.807, 2.05) is 12.4 Å². The summed E-state index contributed by atoms with van der Waals surface area (Å²) >= 11 is 5.27. The second kappa shape index (κ2) is 27.8. The first-order chi connectivity index (χ1) is 62.4. The van der Waals surface area contributed by atoms with Crippen molar-refractivity contribution in [2.45, 2.75) is 0 Å². The summed E-state index contributed by atoms with van der Waals surface area (Å²) in [6, 6.07) is 137. The van der Waals surface area contributed by atoms with Crippen LogP contribution in [0.5, 0.6) is 0 Å². The summed E-state index contributed by atoms with van der Waals surface area (Å²) < 4.78 is 14.4. The highest BCUT2D eigenvalue weighted by molar-refractivity contribution is 7.26. The van der Waals surface area contributed by atoms with Crippen molar-refractivity contribution in [3.8, 4) is 89.9 Å². The van der Waals surface area contributed by atoms with Crippen LogP contribution in [-0.2, 0) is 0 Å². The molecule has 0 N–H and O–H groups in total. The Morgan fingerprint density at radius 1 is 0.175 bits per heavy atom. The molecule has 0 amide bonds. The summed E-state index contributed by atoms with van der Waals surface area (Å²) in [6.45, 7) is 0. The van der Waals surface area contributed by atoms with Gasteiger partial charge < -0.3 is 13.2 Å². The van der Waals surface area contributed by atoms with Crippen LogP contribution >= 0.6 is 34.0 Å². The quantitative estimate of drug-likeness (QED) is 0.151. The van der Waals surface area contributed by atoms with Gasteiger partial charge in [0.25, 0.3) is 0 Å². The molecule has 0 saturated heterocycles. The molecule has 0 saturated carbocycles. The fourth-order valence-electron chi connectivity index (χ4n) is 20.0.